The fourth-order valence-electron chi connectivity index (χ4n) is 8.47. The van der Waals surface area contributed by atoms with E-state index in [-0.39, 0.29) is 0 Å². The lowest BCUT2D eigenvalue weighted by Crippen LogP contribution is -2.11. The van der Waals surface area contributed by atoms with E-state index in [0.717, 1.165) is 48.9 Å². The molecule has 0 amide bonds. The molecule has 2 aromatic heterocycles. The minimum Gasteiger partial charge on any atom is -0.493 e. The fraction of sp³-hybridized carbons (Fsp3) is 0.308. The Morgan fingerprint density at radius 2 is 0.821 bits per heavy atom. The molecule has 286 valence electrons. The van der Waals surface area contributed by atoms with Crippen molar-refractivity contribution in [2.45, 2.75) is 79.1 Å². The van der Waals surface area contributed by atoms with E-state index in [9.17, 15) is 0 Å². The van der Waals surface area contributed by atoms with Crippen molar-refractivity contribution < 1.29 is 9.47 Å². The Hall–Kier alpha value is -5.48. The topological polar surface area (TPSA) is 28.3 Å². The molecule has 0 spiro atoms. The van der Waals surface area contributed by atoms with E-state index in [4.69, 9.17) is 9.47 Å². The summed E-state index contributed by atoms with van der Waals surface area (Å²) in [4.78, 5) is 0. The lowest BCUT2D eigenvalue weighted by molar-refractivity contribution is 0.233. The van der Waals surface area contributed by atoms with Crippen LogP contribution in [0.25, 0.3) is 66.1 Å². The summed E-state index contributed by atoms with van der Waals surface area (Å²) in [6, 6.07) is 48.7. The van der Waals surface area contributed by atoms with Crippen molar-refractivity contribution in [3.8, 4) is 34.0 Å². The Balaban J connectivity index is 1.10. The highest BCUT2D eigenvalue weighted by atomic mass is 16.5. The zero-order valence-electron chi connectivity index (χ0n) is 33.6. The summed E-state index contributed by atoms with van der Waals surface area (Å²) in [6.07, 6.45) is 9.77. The molecule has 0 aliphatic heterocycles. The first kappa shape index (κ1) is 37.4. The van der Waals surface area contributed by atoms with Crippen LogP contribution in [0.15, 0.2) is 133 Å². The molecule has 0 aliphatic carbocycles. The van der Waals surface area contributed by atoms with Gasteiger partial charge in [0.2, 0.25) is 0 Å². The molecule has 56 heavy (non-hydrogen) atoms. The summed E-state index contributed by atoms with van der Waals surface area (Å²) in [5.41, 5.74) is 9.51. The normalized spacial score (nSPS) is 12.9. The van der Waals surface area contributed by atoms with Gasteiger partial charge in [0.05, 0.1) is 35.3 Å². The van der Waals surface area contributed by atoms with E-state index in [1.165, 1.54) is 93.3 Å². The number of hydrogen-bond acceptors (Lipinski definition) is 2. The number of fused-ring (bicyclic) bond motifs is 6. The van der Waals surface area contributed by atoms with Crippen molar-refractivity contribution in [3.63, 3.8) is 0 Å². The van der Waals surface area contributed by atoms with Crippen molar-refractivity contribution in [1.82, 2.24) is 9.13 Å². The largest absolute Gasteiger partial charge is 0.493 e. The molecule has 2 unspecified atom stereocenters. The molecule has 6 aromatic carbocycles. The van der Waals surface area contributed by atoms with Crippen LogP contribution in [-0.2, 0) is 0 Å². The molecular formula is C52H56N2O2. The summed E-state index contributed by atoms with van der Waals surface area (Å²) in [7, 11) is 0. The molecule has 0 fully saturated rings. The van der Waals surface area contributed by atoms with E-state index >= 15 is 0 Å². The van der Waals surface area contributed by atoms with Gasteiger partial charge in [-0.15, -0.1) is 0 Å². The van der Waals surface area contributed by atoms with Crippen LogP contribution in [0, 0.1) is 11.8 Å². The molecule has 0 bridgehead atoms. The minimum atomic E-state index is 0.608. The van der Waals surface area contributed by atoms with Gasteiger partial charge in [-0.3, -0.25) is 0 Å². The van der Waals surface area contributed by atoms with Crippen molar-refractivity contribution in [2.75, 3.05) is 13.2 Å². The Morgan fingerprint density at radius 1 is 0.429 bits per heavy atom. The van der Waals surface area contributed by atoms with E-state index in [0.29, 0.717) is 11.8 Å². The highest BCUT2D eigenvalue weighted by molar-refractivity contribution is 6.12. The molecule has 2 atom stereocenters. The van der Waals surface area contributed by atoms with E-state index < -0.39 is 0 Å². The number of rotatable bonds is 17. The third kappa shape index (κ3) is 7.54. The maximum absolute atomic E-state index is 6.27. The average Bonchev–Trinajstić information content (AvgIpc) is 3.76. The van der Waals surface area contributed by atoms with Crippen LogP contribution >= 0.6 is 0 Å². The van der Waals surface area contributed by atoms with Crippen LogP contribution in [-0.4, -0.2) is 22.3 Å². The number of nitrogens with zero attached hydrogens (tertiary/aromatic N) is 2. The zero-order chi connectivity index (χ0) is 38.4. The van der Waals surface area contributed by atoms with Crippen molar-refractivity contribution in [1.29, 1.82) is 0 Å². The molecule has 0 saturated carbocycles. The first-order chi connectivity index (χ1) is 27.6. The van der Waals surface area contributed by atoms with E-state index in [1.807, 2.05) is 0 Å². The van der Waals surface area contributed by atoms with Crippen molar-refractivity contribution in [2.24, 2.45) is 11.8 Å². The second-order valence-corrected chi connectivity index (χ2v) is 15.6. The predicted octanol–water partition coefficient (Wildman–Crippen LogP) is 14.7. The molecule has 0 saturated heterocycles. The van der Waals surface area contributed by atoms with Gasteiger partial charge in [-0.25, -0.2) is 0 Å². The van der Waals surface area contributed by atoms with Gasteiger partial charge in [-0.1, -0.05) is 115 Å². The molecular weight excluding hydrogens is 685 g/mol. The van der Waals surface area contributed by atoms with Gasteiger partial charge in [-0.2, -0.15) is 0 Å². The average molecular weight is 741 g/mol. The SMILES string of the molecule is CCCCC(CC)COc1ccc(-n2c3ccccc3c3cc(-c4ccc5c(c4)c4ccccc4n5-c4ccc(OCC(CC)CCCC)cc4)ccc32)cc1. The summed E-state index contributed by atoms with van der Waals surface area (Å²) in [5, 5.41) is 5.01. The van der Waals surface area contributed by atoms with Crippen molar-refractivity contribution in [3.05, 3.63) is 133 Å². The maximum Gasteiger partial charge on any atom is 0.119 e. The fourth-order valence-corrected chi connectivity index (χ4v) is 8.47. The Kier molecular flexibility index (Phi) is 11.4. The monoisotopic (exact) mass is 740 g/mol. The minimum absolute atomic E-state index is 0.608. The van der Waals surface area contributed by atoms with E-state index in [2.05, 4.69) is 170 Å². The zero-order valence-corrected chi connectivity index (χ0v) is 33.6. The van der Waals surface area contributed by atoms with Gasteiger partial charge in [-0.05, 0) is 121 Å². The van der Waals surface area contributed by atoms with E-state index in [1.54, 1.807) is 0 Å². The van der Waals surface area contributed by atoms with Crippen LogP contribution in [0.2, 0.25) is 0 Å². The van der Waals surface area contributed by atoms with Crippen LogP contribution in [0.3, 0.4) is 0 Å². The van der Waals surface area contributed by atoms with Gasteiger partial charge in [0.1, 0.15) is 11.5 Å². The van der Waals surface area contributed by atoms with Crippen molar-refractivity contribution >= 4 is 43.6 Å². The highest BCUT2D eigenvalue weighted by Crippen LogP contribution is 2.38. The predicted molar refractivity (Wildman–Crippen MR) is 238 cm³/mol. The first-order valence-corrected chi connectivity index (χ1v) is 21.1. The lowest BCUT2D eigenvalue weighted by atomic mass is 10.0. The third-order valence-electron chi connectivity index (χ3n) is 11.9. The van der Waals surface area contributed by atoms with Crippen LogP contribution in [0.4, 0.5) is 0 Å². The quantitative estimate of drug-likeness (QED) is 0.0930. The number of aromatic nitrogens is 2. The van der Waals surface area contributed by atoms with Gasteiger partial charge >= 0.3 is 0 Å². The van der Waals surface area contributed by atoms with Crippen LogP contribution in [0.5, 0.6) is 11.5 Å². The summed E-state index contributed by atoms with van der Waals surface area (Å²) < 4.78 is 17.3. The maximum atomic E-state index is 6.27. The molecule has 4 nitrogen and oxygen atoms in total. The second kappa shape index (κ2) is 17.1. The smallest absolute Gasteiger partial charge is 0.119 e. The standard InChI is InChI=1S/C52H56N2O2/c1-5-9-15-37(7-3)35-55-43-27-23-41(24-28-43)53-49-19-13-11-17-45(49)47-33-39(21-31-51(47)53)40-22-32-52-48(34-40)46-18-12-14-20-50(46)54(52)42-25-29-44(30-26-42)56-36-38(8-4)16-10-6-2/h11-14,17-34,37-38H,5-10,15-16,35-36H2,1-4H3. The number of benzene rings is 6. The molecule has 8 aromatic rings. The summed E-state index contributed by atoms with van der Waals surface area (Å²) in [6.45, 7) is 10.6. The molecule has 0 N–H and O–H groups in total. The summed E-state index contributed by atoms with van der Waals surface area (Å²) in [5.74, 6) is 3.09. The highest BCUT2D eigenvalue weighted by Gasteiger charge is 2.17. The number of ether oxygens (including phenoxy) is 2. The van der Waals surface area contributed by atoms with Gasteiger partial charge in [0.25, 0.3) is 0 Å². The first-order valence-electron chi connectivity index (χ1n) is 21.1. The van der Waals surface area contributed by atoms with Crippen LogP contribution < -0.4 is 9.47 Å². The van der Waals surface area contributed by atoms with Gasteiger partial charge in [0.15, 0.2) is 0 Å². The summed E-state index contributed by atoms with van der Waals surface area (Å²) >= 11 is 0. The van der Waals surface area contributed by atoms with Gasteiger partial charge in [0, 0.05) is 32.9 Å². The third-order valence-corrected chi connectivity index (χ3v) is 11.9. The number of unbranched alkanes of at least 4 members (excludes halogenated alkanes) is 2. The number of hydrogen-bond donors (Lipinski definition) is 0. The molecule has 0 radical (unpaired) electrons. The Morgan fingerprint density at radius 3 is 1.21 bits per heavy atom. The molecule has 2 heterocycles. The Labute approximate surface area is 332 Å². The lowest BCUT2D eigenvalue weighted by Gasteiger charge is -2.16. The van der Waals surface area contributed by atoms with Crippen LogP contribution in [0.1, 0.15) is 79.1 Å². The Bertz CT molecular complexity index is 2360. The number of para-hydroxylation sites is 2. The van der Waals surface area contributed by atoms with Gasteiger partial charge < -0.3 is 18.6 Å². The molecule has 4 heteroatoms. The molecule has 0 aliphatic rings. The second-order valence-electron chi connectivity index (χ2n) is 15.6. The molecule has 8 rings (SSSR count).